The van der Waals surface area contributed by atoms with Gasteiger partial charge in [-0.15, -0.1) is 25.6 Å². The smallest absolute Gasteiger partial charge is 0.406 e. The van der Waals surface area contributed by atoms with Crippen molar-refractivity contribution >= 4 is 19.5 Å². The summed E-state index contributed by atoms with van der Waals surface area (Å²) in [5.74, 6) is 0.754. The molecule has 22 heavy (non-hydrogen) atoms. The SMILES string of the molecule is C=C.CC.CC(C)CCB1O[C@H]2CCCC[C@H]2O1.CCC.Cl. The largest absolute Gasteiger partial charge is 0.457 e. The minimum absolute atomic E-state index is 0. The molecule has 0 aromatic carbocycles. The zero-order valence-corrected chi connectivity index (χ0v) is 16.7. The van der Waals surface area contributed by atoms with E-state index >= 15 is 0 Å². The summed E-state index contributed by atoms with van der Waals surface area (Å²) in [5.41, 5.74) is 0. The summed E-state index contributed by atoms with van der Waals surface area (Å²) < 4.78 is 11.8. The van der Waals surface area contributed by atoms with Crippen molar-refractivity contribution in [1.29, 1.82) is 0 Å². The van der Waals surface area contributed by atoms with Gasteiger partial charge in [0.2, 0.25) is 0 Å². The molecule has 0 bridgehead atoms. The van der Waals surface area contributed by atoms with E-state index in [0.29, 0.717) is 12.2 Å². The average Bonchev–Trinajstić information content (AvgIpc) is 2.93. The third-order valence-electron chi connectivity index (χ3n) is 3.27. The molecule has 1 saturated carbocycles. The van der Waals surface area contributed by atoms with E-state index in [-0.39, 0.29) is 19.5 Å². The van der Waals surface area contributed by atoms with Crippen molar-refractivity contribution in [3.63, 3.8) is 0 Å². The van der Waals surface area contributed by atoms with Gasteiger partial charge in [-0.3, -0.25) is 0 Å². The van der Waals surface area contributed by atoms with Crippen molar-refractivity contribution < 1.29 is 9.31 Å². The van der Waals surface area contributed by atoms with Gasteiger partial charge in [0.15, 0.2) is 0 Å². The number of hydrogen-bond acceptors (Lipinski definition) is 2. The number of halogens is 1. The van der Waals surface area contributed by atoms with Crippen LogP contribution in [0, 0.1) is 5.92 Å². The van der Waals surface area contributed by atoms with Crippen molar-refractivity contribution in [2.24, 2.45) is 5.92 Å². The Morgan fingerprint density at radius 2 is 1.36 bits per heavy atom. The predicted octanol–water partition coefficient (Wildman–Crippen LogP) is 6.55. The monoisotopic (exact) mass is 334 g/mol. The molecule has 1 aliphatic carbocycles. The molecule has 134 valence electrons. The zero-order chi connectivity index (χ0) is 16.7. The van der Waals surface area contributed by atoms with Gasteiger partial charge in [-0.25, -0.2) is 0 Å². The average molecular weight is 335 g/mol. The van der Waals surface area contributed by atoms with E-state index in [1.54, 1.807) is 0 Å². The molecule has 0 N–H and O–H groups in total. The van der Waals surface area contributed by atoms with E-state index in [1.807, 2.05) is 13.8 Å². The topological polar surface area (TPSA) is 18.5 Å². The van der Waals surface area contributed by atoms with Crippen molar-refractivity contribution in [2.75, 3.05) is 0 Å². The summed E-state index contributed by atoms with van der Waals surface area (Å²) in [7, 11) is 0.102. The van der Waals surface area contributed by atoms with E-state index in [4.69, 9.17) is 9.31 Å². The molecule has 4 heteroatoms. The van der Waals surface area contributed by atoms with Crippen LogP contribution in [-0.2, 0) is 9.31 Å². The van der Waals surface area contributed by atoms with Gasteiger partial charge >= 0.3 is 7.12 Å². The highest BCUT2D eigenvalue weighted by Crippen LogP contribution is 2.31. The Hall–Kier alpha value is 0.0149. The molecule has 2 fully saturated rings. The Kier molecular flexibility index (Phi) is 23.3. The summed E-state index contributed by atoms with van der Waals surface area (Å²) in [4.78, 5) is 0. The molecule has 2 aliphatic rings. The second-order valence-corrected chi connectivity index (χ2v) is 5.74. The molecular weight excluding hydrogens is 294 g/mol. The minimum atomic E-state index is 0. The van der Waals surface area contributed by atoms with Gasteiger partial charge < -0.3 is 9.31 Å². The van der Waals surface area contributed by atoms with Crippen LogP contribution in [-0.4, -0.2) is 19.3 Å². The molecule has 0 aromatic heterocycles. The predicted molar refractivity (Wildman–Crippen MR) is 104 cm³/mol. The molecule has 1 aliphatic heterocycles. The van der Waals surface area contributed by atoms with Gasteiger partial charge in [-0.05, 0) is 25.1 Å². The Bertz CT molecular complexity index is 201. The first-order valence-electron chi connectivity index (χ1n) is 8.98. The van der Waals surface area contributed by atoms with Gasteiger partial charge in [-0.2, -0.15) is 0 Å². The lowest BCUT2D eigenvalue weighted by molar-refractivity contribution is 0.110. The maximum Gasteiger partial charge on any atom is 0.457 e. The van der Waals surface area contributed by atoms with Gasteiger partial charge in [0, 0.05) is 0 Å². The summed E-state index contributed by atoms with van der Waals surface area (Å²) in [6.07, 6.45) is 9.44. The molecule has 2 rings (SSSR count). The van der Waals surface area contributed by atoms with E-state index < -0.39 is 0 Å². The van der Waals surface area contributed by atoms with Crippen molar-refractivity contribution in [3.8, 4) is 0 Å². The van der Waals surface area contributed by atoms with Crippen molar-refractivity contribution in [2.45, 2.75) is 98.6 Å². The maximum absolute atomic E-state index is 5.89. The van der Waals surface area contributed by atoms with Crippen LogP contribution >= 0.6 is 12.4 Å². The van der Waals surface area contributed by atoms with Crippen LogP contribution in [0.1, 0.15) is 80.1 Å². The van der Waals surface area contributed by atoms with Crippen LogP contribution in [0.5, 0.6) is 0 Å². The summed E-state index contributed by atoms with van der Waals surface area (Å²) in [5, 5.41) is 0. The first-order valence-corrected chi connectivity index (χ1v) is 8.98. The van der Waals surface area contributed by atoms with Gasteiger partial charge in [0.1, 0.15) is 0 Å². The Labute approximate surface area is 147 Å². The third-order valence-corrected chi connectivity index (χ3v) is 3.27. The second-order valence-electron chi connectivity index (χ2n) is 5.74. The van der Waals surface area contributed by atoms with Crippen molar-refractivity contribution in [3.05, 3.63) is 13.2 Å². The molecule has 0 amide bonds. The molecule has 1 heterocycles. The fourth-order valence-corrected chi connectivity index (χ4v) is 2.40. The molecule has 0 spiro atoms. The Morgan fingerprint density at radius 3 is 1.68 bits per heavy atom. The summed E-state index contributed by atoms with van der Waals surface area (Å²) >= 11 is 0. The third kappa shape index (κ3) is 12.5. The lowest BCUT2D eigenvalue weighted by Crippen LogP contribution is -2.25. The minimum Gasteiger partial charge on any atom is -0.406 e. The summed E-state index contributed by atoms with van der Waals surface area (Å²) in [6.45, 7) is 18.8. The maximum atomic E-state index is 5.89. The highest BCUT2D eigenvalue weighted by molar-refractivity contribution is 6.45. The van der Waals surface area contributed by atoms with Crippen LogP contribution in [0.25, 0.3) is 0 Å². The molecule has 2 atom stereocenters. The first kappa shape index (κ1) is 26.9. The van der Waals surface area contributed by atoms with Gasteiger partial charge in [-0.1, -0.05) is 67.2 Å². The Balaban J connectivity index is -0.000000395. The molecule has 0 aromatic rings. The van der Waals surface area contributed by atoms with Gasteiger partial charge in [0.25, 0.3) is 0 Å². The first-order chi connectivity index (χ1) is 10.2. The second kappa shape index (κ2) is 19.1. The van der Waals surface area contributed by atoms with Crippen LogP contribution in [0.3, 0.4) is 0 Å². The number of rotatable bonds is 3. The highest BCUT2D eigenvalue weighted by Gasteiger charge is 2.39. The number of hydrogen-bond donors (Lipinski definition) is 0. The van der Waals surface area contributed by atoms with E-state index in [1.165, 1.54) is 38.5 Å². The molecule has 2 nitrogen and oxygen atoms in total. The molecule has 1 saturated heterocycles. The van der Waals surface area contributed by atoms with Crippen molar-refractivity contribution in [1.82, 2.24) is 0 Å². The quantitative estimate of drug-likeness (QED) is 0.430. The van der Waals surface area contributed by atoms with Crippen LogP contribution < -0.4 is 0 Å². The Morgan fingerprint density at radius 1 is 1.00 bits per heavy atom. The van der Waals surface area contributed by atoms with Crippen LogP contribution in [0.15, 0.2) is 13.2 Å². The van der Waals surface area contributed by atoms with E-state index in [9.17, 15) is 0 Å². The standard InChI is InChI=1S/C11H21BO2.C3H8.C2H6.C2H4.ClH/c1-9(2)7-8-12-13-10-5-3-4-6-11(10)14-12;1-3-2;2*1-2;/h9-11H,3-8H2,1-2H3;3H2,1-2H3;1-2H3;1-2H2;1H/t10-,11+;;;;. The molecular formula is C18H40BClO2. The molecule has 0 unspecified atom stereocenters. The fraction of sp³-hybridized carbons (Fsp3) is 0.889. The van der Waals surface area contributed by atoms with Crippen LogP contribution in [0.2, 0.25) is 6.32 Å². The highest BCUT2D eigenvalue weighted by atomic mass is 35.5. The van der Waals surface area contributed by atoms with E-state index in [2.05, 4.69) is 40.9 Å². The zero-order valence-electron chi connectivity index (χ0n) is 15.9. The van der Waals surface area contributed by atoms with Gasteiger partial charge in [0.05, 0.1) is 12.2 Å². The lowest BCUT2D eigenvalue weighted by atomic mass is 9.81. The van der Waals surface area contributed by atoms with Crippen LogP contribution in [0.4, 0.5) is 0 Å². The lowest BCUT2D eigenvalue weighted by Gasteiger charge is -2.22. The fourth-order valence-electron chi connectivity index (χ4n) is 2.40. The molecule has 0 radical (unpaired) electrons. The number of fused-ring (bicyclic) bond motifs is 1. The summed E-state index contributed by atoms with van der Waals surface area (Å²) in [6, 6.07) is 0. The normalized spacial score (nSPS) is 21.9. The van der Waals surface area contributed by atoms with E-state index in [0.717, 1.165) is 12.2 Å².